The topological polar surface area (TPSA) is 204 Å². The second-order valence-electron chi connectivity index (χ2n) is 21.7. The number of aliphatic hydroxyl groups is 1. The number of likely N-dealkylation sites (tertiary alicyclic amines) is 2. The van der Waals surface area contributed by atoms with Gasteiger partial charge in [0.15, 0.2) is 0 Å². The van der Waals surface area contributed by atoms with E-state index in [1.54, 1.807) is 34.1 Å². The summed E-state index contributed by atoms with van der Waals surface area (Å²) in [7, 11) is 0. The molecule has 9 rings (SSSR count). The Kier molecular flexibility index (Phi) is 18.3. The molecule has 0 aromatic heterocycles. The molecule has 402 valence electrons. The number of carbonyl (C=O) groups excluding carboxylic acids is 7. The summed E-state index contributed by atoms with van der Waals surface area (Å²) in [6.45, 7) is 0.540. The molecule has 76 heavy (non-hydrogen) atoms. The van der Waals surface area contributed by atoms with Crippen LogP contribution in [0.4, 0.5) is 0 Å². The summed E-state index contributed by atoms with van der Waals surface area (Å²) in [5.74, 6) is -4.59. The summed E-state index contributed by atoms with van der Waals surface area (Å²) in [4.78, 5) is 98.5. The highest BCUT2D eigenvalue weighted by molar-refractivity contribution is 6.00. The largest absolute Gasteiger partial charge is 0.464 e. The Labute approximate surface area is 446 Å². The van der Waals surface area contributed by atoms with E-state index in [0.29, 0.717) is 24.3 Å². The Hall–Kier alpha value is -6.87. The quantitative estimate of drug-likeness (QED) is 0.0338. The molecule has 5 N–H and O–H groups in total. The van der Waals surface area contributed by atoms with Gasteiger partial charge in [-0.25, -0.2) is 4.79 Å². The molecule has 5 aliphatic rings. The lowest BCUT2D eigenvalue weighted by Crippen LogP contribution is -2.43. The van der Waals surface area contributed by atoms with Crippen molar-refractivity contribution in [2.24, 2.45) is 23.7 Å². The number of ether oxygens (including phenoxy) is 1. The molecule has 4 aromatic rings. The molecule has 3 saturated carbocycles. The van der Waals surface area contributed by atoms with Gasteiger partial charge in [-0.1, -0.05) is 142 Å². The smallest absolute Gasteiger partial charge is 0.331 e. The number of rotatable bonds is 26. The number of hydrogen-bond acceptors (Lipinski definition) is 9. The van der Waals surface area contributed by atoms with E-state index in [2.05, 4.69) is 57.7 Å². The van der Waals surface area contributed by atoms with E-state index < -0.39 is 36.2 Å². The SMILES string of the molecule is O=C(CO)OCCCCCCCCCCCCNC(=O)[C@@H]1CN(C(=O)c2ccc(C(=O)N3C[C@@H](C(=O)N[C@H]4C[C@@H]4c4ccccc4)[C@H](C(=O)N[C@H]4C[C@@H]4c4ccccc4)C3)cc2)C[C@H]1C(=O)N[C@H]1C[C@@H]1c1ccccc1. The maximum absolute atomic E-state index is 14.2. The van der Waals surface area contributed by atoms with Gasteiger partial charge in [0.05, 0.1) is 30.3 Å². The molecule has 4 aromatic carbocycles. The Morgan fingerprint density at radius 2 is 0.763 bits per heavy atom. The number of carbonyl (C=O) groups is 7. The van der Waals surface area contributed by atoms with Crippen LogP contribution >= 0.6 is 0 Å². The van der Waals surface area contributed by atoms with Crippen LogP contribution in [-0.2, 0) is 28.7 Å². The number of benzene rings is 4. The van der Waals surface area contributed by atoms with Gasteiger partial charge in [0.2, 0.25) is 23.6 Å². The van der Waals surface area contributed by atoms with Crippen molar-refractivity contribution in [3.63, 3.8) is 0 Å². The van der Waals surface area contributed by atoms with Crippen LogP contribution in [0, 0.1) is 23.7 Å². The molecule has 2 heterocycles. The van der Waals surface area contributed by atoms with Crippen LogP contribution in [0.1, 0.15) is 139 Å². The van der Waals surface area contributed by atoms with Gasteiger partial charge in [0, 0.05) is 79.7 Å². The first-order chi connectivity index (χ1) is 37.1. The molecule has 6 amide bonds. The highest BCUT2D eigenvalue weighted by atomic mass is 16.5. The molecule has 2 saturated heterocycles. The number of esters is 1. The predicted octanol–water partition coefficient (Wildman–Crippen LogP) is 6.63. The van der Waals surface area contributed by atoms with Crippen molar-refractivity contribution in [3.8, 4) is 0 Å². The third-order valence-electron chi connectivity index (χ3n) is 16.2. The third kappa shape index (κ3) is 14.1. The lowest BCUT2D eigenvalue weighted by molar-refractivity contribution is -0.147. The first kappa shape index (κ1) is 53.9. The fourth-order valence-electron chi connectivity index (χ4n) is 11.5. The summed E-state index contributed by atoms with van der Waals surface area (Å²) >= 11 is 0. The first-order valence-electron chi connectivity index (χ1n) is 27.8. The van der Waals surface area contributed by atoms with E-state index in [-0.39, 0.29) is 97.5 Å². The van der Waals surface area contributed by atoms with E-state index in [1.807, 2.05) is 54.6 Å². The molecule has 0 unspecified atom stereocenters. The summed E-state index contributed by atoms with van der Waals surface area (Å²) < 4.78 is 4.90. The van der Waals surface area contributed by atoms with Crippen LogP contribution in [0.3, 0.4) is 0 Å². The molecule has 0 bridgehead atoms. The molecule has 0 spiro atoms. The van der Waals surface area contributed by atoms with Crippen LogP contribution < -0.4 is 21.3 Å². The van der Waals surface area contributed by atoms with Crippen LogP contribution in [-0.4, -0.2) is 120 Å². The Morgan fingerprint density at radius 1 is 0.434 bits per heavy atom. The highest BCUT2D eigenvalue weighted by Crippen LogP contribution is 2.44. The van der Waals surface area contributed by atoms with Gasteiger partial charge in [-0.2, -0.15) is 0 Å². The number of nitrogens with one attached hydrogen (secondary N) is 4. The maximum Gasteiger partial charge on any atom is 0.331 e. The minimum absolute atomic E-state index is 0.0410. The molecule has 2 aliphatic heterocycles. The van der Waals surface area contributed by atoms with Crippen molar-refractivity contribution < 1.29 is 43.4 Å². The van der Waals surface area contributed by atoms with Gasteiger partial charge in [0.1, 0.15) is 6.61 Å². The van der Waals surface area contributed by atoms with E-state index in [1.165, 1.54) is 0 Å². The van der Waals surface area contributed by atoms with Crippen molar-refractivity contribution in [1.29, 1.82) is 0 Å². The van der Waals surface area contributed by atoms with Crippen molar-refractivity contribution in [2.75, 3.05) is 45.9 Å². The van der Waals surface area contributed by atoms with Gasteiger partial charge in [0.25, 0.3) is 11.8 Å². The van der Waals surface area contributed by atoms with Crippen molar-refractivity contribution in [3.05, 3.63) is 143 Å². The zero-order valence-corrected chi connectivity index (χ0v) is 43.5. The third-order valence-corrected chi connectivity index (χ3v) is 16.2. The lowest BCUT2D eigenvalue weighted by atomic mass is 9.94. The van der Waals surface area contributed by atoms with Gasteiger partial charge in [-0.15, -0.1) is 0 Å². The number of aliphatic hydroxyl groups excluding tert-OH is 1. The standard InChI is InChI=1S/C61H74N6O9/c68-39-55(69)76-31-19-8-6-4-2-1-3-5-7-18-30-62-56(70)48-35-66(36-49(48)57(71)63-52-32-45(52)40-20-12-9-13-21-40)60(74)43-26-28-44(29-27-43)61(75)67-37-50(58(72)64-53-33-46(53)41-22-14-10-15-23-41)51(38-67)59(73)65-54-34-47(54)42-24-16-11-17-25-42/h9-17,20-29,45-54,68H,1-8,18-19,30-39H2,(H,62,70)(H,63,71)(H,64,72)(H,65,73)/t45-,46-,47-,48-,49-,50-,51-,52+,53+,54+/m1/s1. The fourth-order valence-corrected chi connectivity index (χ4v) is 11.5. The van der Waals surface area contributed by atoms with Crippen molar-refractivity contribution >= 4 is 41.4 Å². The molecule has 5 fully saturated rings. The highest BCUT2D eigenvalue weighted by Gasteiger charge is 2.50. The van der Waals surface area contributed by atoms with Gasteiger partial charge in [-0.3, -0.25) is 28.8 Å². The van der Waals surface area contributed by atoms with Gasteiger partial charge in [-0.05, 0) is 73.1 Å². The molecular weight excluding hydrogens is 961 g/mol. The summed E-state index contributed by atoms with van der Waals surface area (Å²) in [6.07, 6.45) is 12.6. The van der Waals surface area contributed by atoms with E-state index >= 15 is 0 Å². The van der Waals surface area contributed by atoms with Crippen LogP contribution in [0.2, 0.25) is 0 Å². The minimum Gasteiger partial charge on any atom is -0.464 e. The number of hydrogen-bond donors (Lipinski definition) is 5. The zero-order valence-electron chi connectivity index (χ0n) is 43.5. The van der Waals surface area contributed by atoms with Gasteiger partial charge < -0.3 is 40.9 Å². The summed E-state index contributed by atoms with van der Waals surface area (Å²) in [5, 5.41) is 21.4. The molecule has 0 radical (unpaired) electrons. The molecule has 15 nitrogen and oxygen atoms in total. The van der Waals surface area contributed by atoms with Crippen LogP contribution in [0.25, 0.3) is 0 Å². The van der Waals surface area contributed by atoms with Gasteiger partial charge >= 0.3 is 5.97 Å². The average molecular weight is 1040 g/mol. The van der Waals surface area contributed by atoms with Crippen molar-refractivity contribution in [2.45, 2.75) is 119 Å². The number of unbranched alkanes of at least 4 members (excludes halogenated alkanes) is 9. The second-order valence-corrected chi connectivity index (χ2v) is 21.7. The first-order valence-corrected chi connectivity index (χ1v) is 27.8. The van der Waals surface area contributed by atoms with Crippen LogP contribution in [0.15, 0.2) is 115 Å². The molecule has 3 aliphatic carbocycles. The van der Waals surface area contributed by atoms with Crippen LogP contribution in [0.5, 0.6) is 0 Å². The average Bonchev–Trinajstić information content (AvgIpc) is 4.42. The normalized spacial score (nSPS) is 25.0. The van der Waals surface area contributed by atoms with Crippen molar-refractivity contribution in [1.82, 2.24) is 31.1 Å². The molecule has 10 atom stereocenters. The molecule has 15 heteroatoms. The number of amides is 6. The van der Waals surface area contributed by atoms with E-state index in [0.717, 1.165) is 100 Å². The summed E-state index contributed by atoms with van der Waals surface area (Å²) in [6, 6.07) is 36.4. The Balaban J connectivity index is 0.782. The second kappa shape index (κ2) is 25.8. The Morgan fingerprint density at radius 3 is 1.12 bits per heavy atom. The summed E-state index contributed by atoms with van der Waals surface area (Å²) in [5.41, 5.74) is 4.10. The Bertz CT molecular complexity index is 2560. The predicted molar refractivity (Wildman–Crippen MR) is 287 cm³/mol. The fraction of sp³-hybridized carbons (Fsp3) is 0.492. The van der Waals surface area contributed by atoms with E-state index in [4.69, 9.17) is 9.84 Å². The lowest BCUT2D eigenvalue weighted by Gasteiger charge is -2.18. The number of nitrogens with zero attached hydrogens (tertiary/aromatic N) is 2. The van der Waals surface area contributed by atoms with E-state index in [9.17, 15) is 33.6 Å². The monoisotopic (exact) mass is 1030 g/mol. The minimum atomic E-state index is -0.741. The maximum atomic E-state index is 14.2. The zero-order chi connectivity index (χ0) is 53.0. The molecular formula is C61H74N6O9.